The van der Waals surface area contributed by atoms with Crippen molar-refractivity contribution in [2.45, 2.75) is 25.4 Å². The molecule has 2 aromatic carbocycles. The summed E-state index contributed by atoms with van der Waals surface area (Å²) in [5.41, 5.74) is 14.5. The molecule has 174 valence electrons. The fraction of sp³-hybridized carbons (Fsp3) is 0.217. The third kappa shape index (κ3) is 3.60. The molecule has 0 aliphatic heterocycles. The Labute approximate surface area is 193 Å². The molecule has 0 atom stereocenters. The van der Waals surface area contributed by atoms with E-state index in [9.17, 15) is 14.0 Å². The minimum atomic E-state index is -0.656. The number of ether oxygens (including phenoxy) is 1. The number of nitrogen functional groups attached to an aromatic ring is 1. The normalized spacial score (nSPS) is 13.2. The van der Waals surface area contributed by atoms with Gasteiger partial charge in [-0.3, -0.25) is 14.7 Å². The summed E-state index contributed by atoms with van der Waals surface area (Å²) in [6, 6.07) is 7.48. The van der Waals surface area contributed by atoms with Crippen LogP contribution in [-0.2, 0) is 6.54 Å². The van der Waals surface area contributed by atoms with Gasteiger partial charge in [-0.15, -0.1) is 0 Å². The summed E-state index contributed by atoms with van der Waals surface area (Å²) in [5.74, 6) is -1.16. The zero-order chi connectivity index (χ0) is 24.0. The molecule has 4 aromatic rings. The van der Waals surface area contributed by atoms with Crippen molar-refractivity contribution in [1.29, 1.82) is 0 Å². The summed E-state index contributed by atoms with van der Waals surface area (Å²) in [4.78, 5) is 24.9. The zero-order valence-electron chi connectivity index (χ0n) is 18.3. The minimum Gasteiger partial charge on any atom is -0.496 e. The molecule has 0 spiro atoms. The topological polar surface area (TPSA) is 154 Å². The summed E-state index contributed by atoms with van der Waals surface area (Å²) < 4.78 is 20.5. The highest BCUT2D eigenvalue weighted by Gasteiger charge is 2.31. The number of H-pyrrole nitrogens is 1. The maximum absolute atomic E-state index is 13.7. The number of amides is 2. The summed E-state index contributed by atoms with van der Waals surface area (Å²) in [7, 11) is 1.41. The molecule has 0 radical (unpaired) electrons. The lowest BCUT2D eigenvalue weighted by atomic mass is 10.0. The lowest BCUT2D eigenvalue weighted by Gasteiger charge is -2.11. The molecule has 0 unspecified atom stereocenters. The first-order chi connectivity index (χ1) is 16.4. The Morgan fingerprint density at radius 2 is 2.09 bits per heavy atom. The molecule has 6 N–H and O–H groups in total. The maximum atomic E-state index is 13.7. The van der Waals surface area contributed by atoms with Crippen molar-refractivity contribution >= 4 is 28.5 Å². The molecule has 1 aliphatic carbocycles. The highest BCUT2D eigenvalue weighted by atomic mass is 19.1. The lowest BCUT2D eigenvalue weighted by molar-refractivity contribution is 0.0946. The van der Waals surface area contributed by atoms with Crippen LogP contribution in [0.5, 0.6) is 5.75 Å². The number of nitrogens with zero attached hydrogens (tertiary/aromatic N) is 3. The van der Waals surface area contributed by atoms with Crippen LogP contribution in [0.25, 0.3) is 22.2 Å². The number of hydrogen-bond donors (Lipinski definition) is 4. The van der Waals surface area contributed by atoms with Gasteiger partial charge in [-0.25, -0.2) is 9.07 Å². The highest BCUT2D eigenvalue weighted by molar-refractivity contribution is 6.07. The van der Waals surface area contributed by atoms with Crippen LogP contribution in [0.3, 0.4) is 0 Å². The number of carbonyl (C=O) groups is 2. The summed E-state index contributed by atoms with van der Waals surface area (Å²) >= 11 is 0. The third-order valence-electron chi connectivity index (χ3n) is 5.89. The van der Waals surface area contributed by atoms with Crippen LogP contribution in [0.1, 0.15) is 45.2 Å². The largest absolute Gasteiger partial charge is 0.496 e. The molecule has 2 aromatic heterocycles. The number of aromatic nitrogens is 4. The molecule has 34 heavy (non-hydrogen) atoms. The quantitative estimate of drug-likeness (QED) is 0.330. The van der Waals surface area contributed by atoms with Crippen LogP contribution in [-0.4, -0.2) is 38.9 Å². The number of fused-ring (bicyclic) bond motifs is 1. The Morgan fingerprint density at radius 1 is 1.29 bits per heavy atom. The zero-order valence-corrected chi connectivity index (χ0v) is 18.3. The molecule has 2 heterocycles. The highest BCUT2D eigenvalue weighted by Crippen LogP contribution is 2.40. The number of hydrogen-bond acceptors (Lipinski definition) is 6. The predicted octanol–water partition coefficient (Wildman–Crippen LogP) is 2.52. The van der Waals surface area contributed by atoms with E-state index in [2.05, 4.69) is 20.6 Å². The second kappa shape index (κ2) is 8.18. The van der Waals surface area contributed by atoms with E-state index < -0.39 is 17.6 Å². The number of halogens is 1. The van der Waals surface area contributed by atoms with Crippen molar-refractivity contribution in [3.63, 3.8) is 0 Å². The van der Waals surface area contributed by atoms with Crippen LogP contribution < -0.4 is 21.5 Å². The number of aromatic amines is 1. The maximum Gasteiger partial charge on any atom is 0.255 e. The van der Waals surface area contributed by atoms with Gasteiger partial charge in [0.15, 0.2) is 0 Å². The summed E-state index contributed by atoms with van der Waals surface area (Å²) in [6.07, 6.45) is 3.50. The molecular weight excluding hydrogens is 441 g/mol. The Bertz CT molecular complexity index is 1440. The fourth-order valence-electron chi connectivity index (χ4n) is 4.05. The van der Waals surface area contributed by atoms with Gasteiger partial charge in [0.2, 0.25) is 0 Å². The van der Waals surface area contributed by atoms with E-state index in [4.69, 9.17) is 16.2 Å². The van der Waals surface area contributed by atoms with Crippen molar-refractivity contribution in [1.82, 2.24) is 25.3 Å². The minimum absolute atomic E-state index is 0.0900. The smallest absolute Gasteiger partial charge is 0.255 e. The fourth-order valence-corrected chi connectivity index (χ4v) is 4.05. The van der Waals surface area contributed by atoms with Crippen molar-refractivity contribution in [2.75, 3.05) is 12.8 Å². The molecule has 1 saturated carbocycles. The summed E-state index contributed by atoms with van der Waals surface area (Å²) in [5, 5.41) is 15.1. The van der Waals surface area contributed by atoms with Gasteiger partial charge in [0.05, 0.1) is 30.4 Å². The van der Waals surface area contributed by atoms with Crippen LogP contribution in [0.15, 0.2) is 36.5 Å². The van der Waals surface area contributed by atoms with Crippen molar-refractivity contribution in [3.8, 4) is 17.0 Å². The van der Waals surface area contributed by atoms with Crippen LogP contribution >= 0.6 is 0 Å². The lowest BCUT2D eigenvalue weighted by Crippen LogP contribution is -2.23. The van der Waals surface area contributed by atoms with E-state index in [0.29, 0.717) is 22.2 Å². The van der Waals surface area contributed by atoms with Gasteiger partial charge in [-0.05, 0) is 36.6 Å². The van der Waals surface area contributed by atoms with Crippen LogP contribution in [0.2, 0.25) is 0 Å². The number of carbonyl (C=O) groups excluding carboxylic acids is 2. The molecule has 0 bridgehead atoms. The van der Waals surface area contributed by atoms with Crippen LogP contribution in [0, 0.1) is 5.82 Å². The molecule has 1 aliphatic rings. The van der Waals surface area contributed by atoms with E-state index in [1.54, 1.807) is 23.0 Å². The van der Waals surface area contributed by atoms with E-state index in [1.807, 2.05) is 0 Å². The SMILES string of the molecule is COc1ccc(F)cc1C(=O)NCc1ccc(-c2nn(C3CC3)c(N)c2C(N)=O)c2cn[nH]c12. The number of benzene rings is 2. The second-order valence-electron chi connectivity index (χ2n) is 8.11. The first-order valence-corrected chi connectivity index (χ1v) is 10.6. The Hall–Kier alpha value is -4.41. The molecule has 5 rings (SSSR count). The number of rotatable bonds is 7. The van der Waals surface area contributed by atoms with Gasteiger partial charge >= 0.3 is 0 Å². The van der Waals surface area contributed by atoms with Gasteiger partial charge in [0, 0.05) is 17.5 Å². The van der Waals surface area contributed by atoms with Gasteiger partial charge in [0.1, 0.15) is 28.6 Å². The number of methoxy groups -OCH3 is 1. The van der Waals surface area contributed by atoms with Crippen molar-refractivity contribution < 1.29 is 18.7 Å². The number of anilines is 1. The number of nitrogens with one attached hydrogen (secondary N) is 2. The van der Waals surface area contributed by atoms with Gasteiger partial charge < -0.3 is 21.5 Å². The Morgan fingerprint density at radius 3 is 2.79 bits per heavy atom. The summed E-state index contributed by atoms with van der Waals surface area (Å²) in [6.45, 7) is 0.138. The number of nitrogens with two attached hydrogens (primary N) is 2. The van der Waals surface area contributed by atoms with Gasteiger partial charge in [-0.2, -0.15) is 10.2 Å². The first-order valence-electron chi connectivity index (χ1n) is 10.6. The van der Waals surface area contributed by atoms with E-state index >= 15 is 0 Å². The predicted molar refractivity (Wildman–Crippen MR) is 123 cm³/mol. The second-order valence-corrected chi connectivity index (χ2v) is 8.11. The molecule has 1 fully saturated rings. The van der Waals surface area contributed by atoms with E-state index in [1.165, 1.54) is 19.2 Å². The third-order valence-corrected chi connectivity index (χ3v) is 5.89. The van der Waals surface area contributed by atoms with Gasteiger partial charge in [0.25, 0.3) is 11.8 Å². The van der Waals surface area contributed by atoms with Crippen LogP contribution in [0.4, 0.5) is 10.2 Å². The molecule has 10 nitrogen and oxygen atoms in total. The molecular formula is C23H22FN7O3. The monoisotopic (exact) mass is 463 g/mol. The Kier molecular flexibility index (Phi) is 5.16. The average molecular weight is 463 g/mol. The molecule has 2 amide bonds. The number of primary amides is 1. The first kappa shape index (κ1) is 21.4. The average Bonchev–Trinajstić information content (AvgIpc) is 3.42. The van der Waals surface area contributed by atoms with E-state index in [0.717, 1.165) is 24.5 Å². The molecule has 0 saturated heterocycles. The Balaban J connectivity index is 1.48. The van der Waals surface area contributed by atoms with Gasteiger partial charge in [-0.1, -0.05) is 12.1 Å². The standard InChI is InChI=1S/C23H22FN7O3/c1-34-17-7-3-12(24)8-15(17)23(33)27-9-11-2-6-14(16-10-28-29-19(11)16)20-18(22(26)32)21(25)31(30-20)13-4-5-13/h2-3,6-8,10,13H,4-5,9,25H2,1H3,(H2,26,32)(H,27,33)(H,28,29). The van der Waals surface area contributed by atoms with E-state index in [-0.39, 0.29) is 35.3 Å². The molecule has 11 heteroatoms. The van der Waals surface area contributed by atoms with Crippen molar-refractivity contribution in [3.05, 3.63) is 59.0 Å². The van der Waals surface area contributed by atoms with Crippen molar-refractivity contribution in [2.24, 2.45) is 5.73 Å².